The number of aromatic nitrogens is 1. The molecule has 0 saturated carbocycles. The predicted molar refractivity (Wildman–Crippen MR) is 112 cm³/mol. The van der Waals surface area contributed by atoms with Gasteiger partial charge >= 0.3 is 6.18 Å². The second-order valence-electron chi connectivity index (χ2n) is 6.58. The van der Waals surface area contributed by atoms with Gasteiger partial charge < -0.3 is 14.8 Å². The molecule has 11 heteroatoms. The number of alkyl halides is 3. The molecule has 4 rings (SSSR count). The fraction of sp³-hybridized carbons (Fsp3) is 0.190. The number of pyridine rings is 1. The first-order chi connectivity index (χ1) is 15.3. The van der Waals surface area contributed by atoms with Crippen molar-refractivity contribution in [2.24, 2.45) is 0 Å². The van der Waals surface area contributed by atoms with Crippen LogP contribution in [0.2, 0.25) is 0 Å². The molecule has 6 nitrogen and oxygen atoms in total. The van der Waals surface area contributed by atoms with Crippen LogP contribution in [0.4, 0.5) is 13.2 Å². The highest BCUT2D eigenvalue weighted by molar-refractivity contribution is 8.00. The smallest absolute Gasteiger partial charge is 0.417 e. The molecule has 0 radical (unpaired) electrons. The van der Waals surface area contributed by atoms with Gasteiger partial charge in [0.25, 0.3) is 0 Å². The summed E-state index contributed by atoms with van der Waals surface area (Å²) in [5.74, 6) is 0.599. The highest BCUT2D eigenvalue weighted by atomic mass is 32.2. The van der Waals surface area contributed by atoms with Crippen LogP contribution in [0.5, 0.6) is 11.5 Å². The average Bonchev–Trinajstić information content (AvgIpc) is 3.46. The summed E-state index contributed by atoms with van der Waals surface area (Å²) in [6, 6.07) is 11.1. The van der Waals surface area contributed by atoms with Crippen molar-refractivity contribution in [3.63, 3.8) is 0 Å². The highest BCUT2D eigenvalue weighted by Gasteiger charge is 2.36. The van der Waals surface area contributed by atoms with Crippen LogP contribution in [0.25, 0.3) is 10.6 Å². The number of nitrogens with zero attached hydrogens (tertiary/aromatic N) is 2. The number of nitrogens with one attached hydrogen (secondary N) is 1. The lowest BCUT2D eigenvalue weighted by Crippen LogP contribution is -2.24. The van der Waals surface area contributed by atoms with E-state index < -0.39 is 23.2 Å². The zero-order chi connectivity index (χ0) is 22.7. The van der Waals surface area contributed by atoms with E-state index >= 15 is 0 Å². The van der Waals surface area contributed by atoms with Gasteiger partial charge in [-0.25, -0.2) is 4.98 Å². The van der Waals surface area contributed by atoms with E-state index in [4.69, 9.17) is 9.47 Å². The number of carbonyl (C=O) groups is 1. The Morgan fingerprint density at radius 1 is 1.25 bits per heavy atom. The van der Waals surface area contributed by atoms with Gasteiger partial charge in [-0.1, -0.05) is 23.9 Å². The van der Waals surface area contributed by atoms with E-state index in [1.54, 1.807) is 41.8 Å². The molecule has 164 valence electrons. The molecular weight excluding hydrogens is 463 g/mol. The second kappa shape index (κ2) is 9.10. The number of rotatable bonds is 6. The minimum atomic E-state index is -4.73. The Balaban J connectivity index is 1.48. The Morgan fingerprint density at radius 2 is 2.06 bits per heavy atom. The van der Waals surface area contributed by atoms with Crippen molar-refractivity contribution in [3.8, 4) is 28.1 Å². The molecule has 3 heterocycles. The maximum atomic E-state index is 13.6. The first kappa shape index (κ1) is 22.0. The van der Waals surface area contributed by atoms with Crippen molar-refractivity contribution in [1.82, 2.24) is 10.3 Å². The number of fused-ring (bicyclic) bond motifs is 1. The number of hydrogen-bond donors (Lipinski definition) is 1. The van der Waals surface area contributed by atoms with Crippen LogP contribution < -0.4 is 14.8 Å². The molecule has 32 heavy (non-hydrogen) atoms. The van der Waals surface area contributed by atoms with Gasteiger partial charge in [0.15, 0.2) is 11.5 Å². The van der Waals surface area contributed by atoms with E-state index in [2.05, 4.69) is 10.3 Å². The Hall–Kier alpha value is -3.23. The Labute approximate surface area is 189 Å². The van der Waals surface area contributed by atoms with E-state index in [0.29, 0.717) is 16.4 Å². The normalized spacial score (nSPS) is 12.4. The predicted octanol–water partition coefficient (Wildman–Crippen LogP) is 4.84. The molecule has 1 N–H and O–H groups in total. The summed E-state index contributed by atoms with van der Waals surface area (Å²) in [5, 5.41) is 13.6. The van der Waals surface area contributed by atoms with Gasteiger partial charge in [-0.05, 0) is 35.2 Å². The van der Waals surface area contributed by atoms with E-state index in [0.717, 1.165) is 23.4 Å². The standard InChI is InChI=1S/C21H14F3N3O3S2/c22-21(23,24)14-7-15(18-2-1-5-31-18)27-20(13(14)8-25)32-10-19(28)26-9-12-3-4-16-17(6-12)30-11-29-16/h1-7H,9-11H2,(H,26,28). The van der Waals surface area contributed by atoms with Crippen LogP contribution in [0, 0.1) is 11.3 Å². The molecule has 1 aromatic carbocycles. The van der Waals surface area contributed by atoms with E-state index in [9.17, 15) is 23.2 Å². The van der Waals surface area contributed by atoms with Gasteiger partial charge in [0.2, 0.25) is 12.7 Å². The van der Waals surface area contributed by atoms with E-state index in [1.807, 2.05) is 0 Å². The first-order valence-corrected chi connectivity index (χ1v) is 11.1. The number of benzene rings is 1. The third-order valence-corrected chi connectivity index (χ3v) is 6.31. The molecule has 2 aromatic heterocycles. The van der Waals surface area contributed by atoms with Crippen LogP contribution in [0.15, 0.2) is 46.8 Å². The molecule has 0 aliphatic carbocycles. The summed E-state index contributed by atoms with van der Waals surface area (Å²) in [4.78, 5) is 17.1. The van der Waals surface area contributed by atoms with Gasteiger partial charge in [0.1, 0.15) is 11.1 Å². The molecule has 0 fully saturated rings. The van der Waals surface area contributed by atoms with Crippen LogP contribution in [0.3, 0.4) is 0 Å². The number of amides is 1. The molecule has 1 aliphatic heterocycles. The third kappa shape index (κ3) is 4.81. The number of ether oxygens (including phenoxy) is 2. The molecule has 1 aliphatic rings. The molecule has 3 aromatic rings. The summed E-state index contributed by atoms with van der Waals surface area (Å²) >= 11 is 2.03. The quantitative estimate of drug-likeness (QED) is 0.512. The Morgan fingerprint density at radius 3 is 2.78 bits per heavy atom. The minimum absolute atomic E-state index is 0.106. The lowest BCUT2D eigenvalue weighted by atomic mass is 10.1. The summed E-state index contributed by atoms with van der Waals surface area (Å²) < 4.78 is 51.2. The third-order valence-electron chi connectivity index (χ3n) is 4.44. The molecule has 0 saturated heterocycles. The number of thioether (sulfide) groups is 1. The molecular formula is C21H14F3N3O3S2. The van der Waals surface area contributed by atoms with Crippen LogP contribution >= 0.6 is 23.1 Å². The Bertz CT molecular complexity index is 1190. The first-order valence-electron chi connectivity index (χ1n) is 9.19. The number of hydrogen-bond acceptors (Lipinski definition) is 7. The molecule has 1 amide bonds. The number of nitriles is 1. The number of thiophene rings is 1. The van der Waals surface area contributed by atoms with Crippen molar-refractivity contribution in [2.75, 3.05) is 12.5 Å². The highest BCUT2D eigenvalue weighted by Crippen LogP contribution is 2.38. The van der Waals surface area contributed by atoms with Gasteiger partial charge in [-0.2, -0.15) is 18.4 Å². The van der Waals surface area contributed by atoms with Crippen LogP contribution in [-0.2, 0) is 17.5 Å². The minimum Gasteiger partial charge on any atom is -0.454 e. The zero-order valence-corrected chi connectivity index (χ0v) is 17.9. The number of carbonyl (C=O) groups excluding carboxylic acids is 1. The lowest BCUT2D eigenvalue weighted by molar-refractivity contribution is -0.138. The zero-order valence-electron chi connectivity index (χ0n) is 16.2. The maximum absolute atomic E-state index is 13.6. The summed E-state index contributed by atoms with van der Waals surface area (Å²) in [6.45, 7) is 0.345. The van der Waals surface area contributed by atoms with Gasteiger partial charge in [0, 0.05) is 6.54 Å². The topological polar surface area (TPSA) is 84.2 Å². The van der Waals surface area contributed by atoms with Crippen molar-refractivity contribution >= 4 is 29.0 Å². The Kier molecular flexibility index (Phi) is 6.25. The maximum Gasteiger partial charge on any atom is 0.417 e. The van der Waals surface area contributed by atoms with Crippen molar-refractivity contribution < 1.29 is 27.4 Å². The fourth-order valence-corrected chi connectivity index (χ4v) is 4.46. The van der Waals surface area contributed by atoms with Crippen molar-refractivity contribution in [1.29, 1.82) is 5.26 Å². The van der Waals surface area contributed by atoms with Crippen LogP contribution in [0.1, 0.15) is 16.7 Å². The van der Waals surface area contributed by atoms with Crippen molar-refractivity contribution in [2.45, 2.75) is 17.7 Å². The summed E-state index contributed by atoms with van der Waals surface area (Å²) in [6.07, 6.45) is -4.73. The lowest BCUT2D eigenvalue weighted by Gasteiger charge is -2.13. The largest absolute Gasteiger partial charge is 0.454 e. The molecule has 0 atom stereocenters. The molecule has 0 unspecified atom stereocenters. The van der Waals surface area contributed by atoms with Gasteiger partial charge in [-0.15, -0.1) is 11.3 Å². The number of halogens is 3. The van der Waals surface area contributed by atoms with Gasteiger partial charge in [0.05, 0.1) is 27.5 Å². The van der Waals surface area contributed by atoms with Crippen LogP contribution in [-0.4, -0.2) is 23.4 Å². The van der Waals surface area contributed by atoms with Crippen molar-refractivity contribution in [3.05, 3.63) is 58.5 Å². The SMILES string of the molecule is N#Cc1c(C(F)(F)F)cc(-c2cccs2)nc1SCC(=O)NCc1ccc2c(c1)OCO2. The van der Waals surface area contributed by atoms with Gasteiger partial charge in [-0.3, -0.25) is 4.79 Å². The molecule has 0 bridgehead atoms. The van der Waals surface area contributed by atoms with E-state index in [1.165, 1.54) is 11.3 Å². The summed E-state index contributed by atoms with van der Waals surface area (Å²) in [7, 11) is 0. The summed E-state index contributed by atoms with van der Waals surface area (Å²) in [5.41, 5.74) is -0.773. The monoisotopic (exact) mass is 477 g/mol. The average molecular weight is 477 g/mol. The fourth-order valence-electron chi connectivity index (χ4n) is 2.94. The second-order valence-corrected chi connectivity index (χ2v) is 8.49. The molecule has 0 spiro atoms. The van der Waals surface area contributed by atoms with E-state index in [-0.39, 0.29) is 29.8 Å².